The number of aromatic hydroxyl groups is 1. The molecule has 0 aromatic heterocycles. The van der Waals surface area contributed by atoms with E-state index in [1.807, 2.05) is 13.0 Å². The average Bonchev–Trinajstić information content (AvgIpc) is 2.44. The average molecular weight is 333 g/mol. The first-order valence-electron chi connectivity index (χ1n) is 5.95. The first-order valence-corrected chi connectivity index (χ1v) is 6.74. The van der Waals surface area contributed by atoms with E-state index in [4.69, 9.17) is 5.11 Å². The van der Waals surface area contributed by atoms with Crippen LogP contribution in [0.25, 0.3) is 0 Å². The van der Waals surface area contributed by atoms with Gasteiger partial charge in [0.25, 0.3) is 5.91 Å². The second kappa shape index (κ2) is 6.34. The second-order valence-corrected chi connectivity index (χ2v) is 5.11. The highest BCUT2D eigenvalue weighted by atomic mass is 79.9. The third-order valence-corrected chi connectivity index (χ3v) is 3.56. The number of hydrogen-bond acceptors (Lipinski definition) is 3. The van der Waals surface area contributed by atoms with Crippen LogP contribution in [0.4, 0.5) is 0 Å². The minimum Gasteiger partial charge on any atom is -0.508 e. The summed E-state index contributed by atoms with van der Waals surface area (Å²) in [5.74, 6) is -0.0866. The Balaban J connectivity index is 2.01. The Morgan fingerprint density at radius 1 is 1.25 bits per heavy atom. The lowest BCUT2D eigenvalue weighted by Gasteiger charge is -2.02. The van der Waals surface area contributed by atoms with Gasteiger partial charge in [0.15, 0.2) is 0 Å². The Kier molecular flexibility index (Phi) is 4.53. The quantitative estimate of drug-likeness (QED) is 0.669. The number of halogens is 1. The highest BCUT2D eigenvalue weighted by molar-refractivity contribution is 9.10. The molecule has 0 heterocycles. The zero-order valence-electron chi connectivity index (χ0n) is 10.8. The van der Waals surface area contributed by atoms with Crippen molar-refractivity contribution in [1.29, 1.82) is 0 Å². The Labute approximate surface area is 125 Å². The highest BCUT2D eigenvalue weighted by Crippen LogP contribution is 2.17. The van der Waals surface area contributed by atoms with Gasteiger partial charge in [0.1, 0.15) is 5.75 Å². The molecule has 20 heavy (non-hydrogen) atoms. The number of rotatable bonds is 3. The van der Waals surface area contributed by atoms with E-state index in [0.717, 1.165) is 15.6 Å². The van der Waals surface area contributed by atoms with Crippen molar-refractivity contribution in [3.63, 3.8) is 0 Å². The summed E-state index contributed by atoms with van der Waals surface area (Å²) < 4.78 is 0.882. The molecule has 0 spiro atoms. The number of hydrazone groups is 1. The van der Waals surface area contributed by atoms with Gasteiger partial charge in [-0.15, -0.1) is 0 Å². The molecule has 0 fully saturated rings. The van der Waals surface area contributed by atoms with Crippen LogP contribution in [-0.4, -0.2) is 17.2 Å². The van der Waals surface area contributed by atoms with Gasteiger partial charge in [-0.3, -0.25) is 4.79 Å². The maximum Gasteiger partial charge on any atom is 0.271 e. The topological polar surface area (TPSA) is 61.7 Å². The van der Waals surface area contributed by atoms with Crippen molar-refractivity contribution in [3.8, 4) is 5.75 Å². The Bertz CT molecular complexity index is 651. The van der Waals surface area contributed by atoms with E-state index in [1.165, 1.54) is 6.21 Å². The molecule has 4 nitrogen and oxygen atoms in total. The standard InChI is InChI=1S/C15H13BrN2O2/c1-10-2-5-12(8-14(10)16)15(20)18-17-9-11-3-6-13(19)7-4-11/h2-9,19H,1H3,(H,18,20)/b17-9+. The molecule has 0 aliphatic rings. The molecule has 2 N–H and O–H groups in total. The van der Waals surface area contributed by atoms with Crippen LogP contribution in [0.15, 0.2) is 52.0 Å². The molecule has 2 aromatic rings. The summed E-state index contributed by atoms with van der Waals surface area (Å²) in [4.78, 5) is 11.9. The van der Waals surface area contributed by atoms with E-state index in [-0.39, 0.29) is 11.7 Å². The fourth-order valence-electron chi connectivity index (χ4n) is 1.52. The fourth-order valence-corrected chi connectivity index (χ4v) is 1.90. The van der Waals surface area contributed by atoms with Crippen molar-refractivity contribution in [1.82, 2.24) is 5.43 Å². The third-order valence-electron chi connectivity index (χ3n) is 2.71. The molecule has 0 saturated heterocycles. The first kappa shape index (κ1) is 14.3. The molecule has 0 saturated carbocycles. The molecule has 0 radical (unpaired) electrons. The van der Waals surface area contributed by atoms with Crippen molar-refractivity contribution in [3.05, 3.63) is 63.6 Å². The lowest BCUT2D eigenvalue weighted by atomic mass is 10.1. The molecular formula is C15H13BrN2O2. The predicted octanol–water partition coefficient (Wildman–Crippen LogP) is 3.23. The monoisotopic (exact) mass is 332 g/mol. The van der Waals surface area contributed by atoms with Crippen LogP contribution < -0.4 is 5.43 Å². The lowest BCUT2D eigenvalue weighted by molar-refractivity contribution is 0.0955. The van der Waals surface area contributed by atoms with E-state index in [1.54, 1.807) is 36.4 Å². The molecular weight excluding hydrogens is 320 g/mol. The molecule has 5 heteroatoms. The van der Waals surface area contributed by atoms with Crippen molar-refractivity contribution >= 4 is 28.1 Å². The Hall–Kier alpha value is -2.14. The molecule has 0 atom stereocenters. The summed E-state index contributed by atoms with van der Waals surface area (Å²) in [7, 11) is 0. The molecule has 0 aliphatic heterocycles. The molecule has 2 rings (SSSR count). The van der Waals surface area contributed by atoms with Gasteiger partial charge in [0, 0.05) is 10.0 Å². The van der Waals surface area contributed by atoms with Gasteiger partial charge < -0.3 is 5.11 Å². The van der Waals surface area contributed by atoms with E-state index in [9.17, 15) is 4.79 Å². The van der Waals surface area contributed by atoms with Crippen LogP contribution in [0.5, 0.6) is 5.75 Å². The summed E-state index contributed by atoms with van der Waals surface area (Å²) in [5, 5.41) is 13.0. The molecule has 0 aliphatic carbocycles. The number of carbonyl (C=O) groups excluding carboxylic acids is 1. The molecule has 0 unspecified atom stereocenters. The Morgan fingerprint density at radius 3 is 2.60 bits per heavy atom. The van der Waals surface area contributed by atoms with Crippen LogP contribution >= 0.6 is 15.9 Å². The number of phenols is 1. The Morgan fingerprint density at radius 2 is 1.95 bits per heavy atom. The first-order chi connectivity index (χ1) is 9.56. The molecule has 102 valence electrons. The minimum absolute atomic E-state index is 0.190. The highest BCUT2D eigenvalue weighted by Gasteiger charge is 2.05. The van der Waals surface area contributed by atoms with Gasteiger partial charge in [0.05, 0.1) is 6.21 Å². The summed E-state index contributed by atoms with van der Waals surface area (Å²) in [5.41, 5.74) is 4.84. The lowest BCUT2D eigenvalue weighted by Crippen LogP contribution is -2.17. The molecule has 2 aromatic carbocycles. The van der Waals surface area contributed by atoms with Crippen LogP contribution in [0.3, 0.4) is 0 Å². The number of nitrogens with zero attached hydrogens (tertiary/aromatic N) is 1. The number of benzene rings is 2. The van der Waals surface area contributed by atoms with Crippen LogP contribution in [0, 0.1) is 6.92 Å². The summed E-state index contributed by atoms with van der Waals surface area (Å²) in [6, 6.07) is 11.9. The minimum atomic E-state index is -0.277. The second-order valence-electron chi connectivity index (χ2n) is 4.25. The van der Waals surface area contributed by atoms with Crippen LogP contribution in [0.2, 0.25) is 0 Å². The predicted molar refractivity (Wildman–Crippen MR) is 82.0 cm³/mol. The number of amides is 1. The normalized spacial score (nSPS) is 10.7. The number of aryl methyl sites for hydroxylation is 1. The SMILES string of the molecule is Cc1ccc(C(=O)N/N=C/c2ccc(O)cc2)cc1Br. The number of hydrogen-bond donors (Lipinski definition) is 2. The van der Waals surface area contributed by atoms with Gasteiger partial charge in [-0.05, 0) is 54.4 Å². The number of nitrogens with one attached hydrogen (secondary N) is 1. The van der Waals surface area contributed by atoms with Gasteiger partial charge in [-0.25, -0.2) is 5.43 Å². The van der Waals surface area contributed by atoms with E-state index < -0.39 is 0 Å². The summed E-state index contributed by atoms with van der Waals surface area (Å²) in [6.07, 6.45) is 1.51. The van der Waals surface area contributed by atoms with E-state index in [0.29, 0.717) is 5.56 Å². The number of phenolic OH excluding ortho intramolecular Hbond substituents is 1. The van der Waals surface area contributed by atoms with Gasteiger partial charge in [-0.2, -0.15) is 5.10 Å². The largest absolute Gasteiger partial charge is 0.508 e. The fraction of sp³-hybridized carbons (Fsp3) is 0.0667. The number of carbonyl (C=O) groups is 1. The maximum absolute atomic E-state index is 11.9. The van der Waals surface area contributed by atoms with Crippen molar-refractivity contribution in [2.24, 2.45) is 5.10 Å². The molecule has 0 bridgehead atoms. The van der Waals surface area contributed by atoms with E-state index in [2.05, 4.69) is 26.5 Å². The summed E-state index contributed by atoms with van der Waals surface area (Å²) >= 11 is 3.38. The smallest absolute Gasteiger partial charge is 0.271 e. The summed E-state index contributed by atoms with van der Waals surface area (Å²) in [6.45, 7) is 1.95. The van der Waals surface area contributed by atoms with E-state index >= 15 is 0 Å². The van der Waals surface area contributed by atoms with Crippen LogP contribution in [0.1, 0.15) is 21.5 Å². The van der Waals surface area contributed by atoms with Gasteiger partial charge >= 0.3 is 0 Å². The van der Waals surface area contributed by atoms with Crippen LogP contribution in [-0.2, 0) is 0 Å². The van der Waals surface area contributed by atoms with Crippen molar-refractivity contribution < 1.29 is 9.90 Å². The van der Waals surface area contributed by atoms with Crippen molar-refractivity contribution in [2.75, 3.05) is 0 Å². The van der Waals surface area contributed by atoms with Gasteiger partial charge in [-0.1, -0.05) is 22.0 Å². The third kappa shape index (κ3) is 3.68. The zero-order chi connectivity index (χ0) is 14.5. The van der Waals surface area contributed by atoms with Crippen molar-refractivity contribution in [2.45, 2.75) is 6.92 Å². The maximum atomic E-state index is 11.9. The molecule has 1 amide bonds. The zero-order valence-corrected chi connectivity index (χ0v) is 12.4. The van der Waals surface area contributed by atoms with Gasteiger partial charge in [0.2, 0.25) is 0 Å².